The van der Waals surface area contributed by atoms with Crippen molar-refractivity contribution < 1.29 is 27.8 Å². The number of pyridine rings is 1. The van der Waals surface area contributed by atoms with E-state index in [9.17, 15) is 18.0 Å². The molecule has 0 saturated carbocycles. The molecule has 0 bridgehead atoms. The first kappa shape index (κ1) is 14.4. The molecule has 4 nitrogen and oxygen atoms in total. The van der Waals surface area contributed by atoms with Gasteiger partial charge in [0.05, 0.1) is 5.02 Å². The van der Waals surface area contributed by atoms with Crippen LogP contribution in [0.5, 0.6) is 5.75 Å². The van der Waals surface area contributed by atoms with Gasteiger partial charge in [0.1, 0.15) is 11.3 Å². The molecule has 0 aliphatic heterocycles. The van der Waals surface area contributed by atoms with Crippen molar-refractivity contribution in [3.8, 4) is 5.75 Å². The Morgan fingerprint density at radius 3 is 2.70 bits per heavy atom. The van der Waals surface area contributed by atoms with E-state index < -0.39 is 18.8 Å². The van der Waals surface area contributed by atoms with Gasteiger partial charge in [-0.3, -0.25) is 0 Å². The van der Waals surface area contributed by atoms with Gasteiger partial charge in [0.25, 0.3) is 0 Å². The number of hydrogen-bond donors (Lipinski definition) is 1. The number of carboxylic acids is 1. The second-order valence-electron chi connectivity index (χ2n) is 3.85. The Hall–Kier alpha value is -2.02. The summed E-state index contributed by atoms with van der Waals surface area (Å²) in [7, 11) is 0. The van der Waals surface area contributed by atoms with Gasteiger partial charge < -0.3 is 9.84 Å². The minimum Gasteiger partial charge on any atom is -0.482 e. The number of benzene rings is 1. The minimum absolute atomic E-state index is 0.0262. The monoisotopic (exact) mass is 305 g/mol. The Balaban J connectivity index is 2.52. The van der Waals surface area contributed by atoms with Gasteiger partial charge in [0.15, 0.2) is 12.3 Å². The van der Waals surface area contributed by atoms with E-state index in [1.165, 1.54) is 18.2 Å². The molecule has 106 valence electrons. The maximum atomic E-state index is 12.2. The van der Waals surface area contributed by atoms with Crippen molar-refractivity contribution in [3.63, 3.8) is 0 Å². The quantitative estimate of drug-likeness (QED) is 0.942. The summed E-state index contributed by atoms with van der Waals surface area (Å²) >= 11 is 5.89. The number of halogens is 4. The van der Waals surface area contributed by atoms with Gasteiger partial charge in [-0.05, 0) is 12.1 Å². The number of aromatic carboxylic acids is 1. The van der Waals surface area contributed by atoms with Crippen LogP contribution in [0.4, 0.5) is 13.2 Å². The van der Waals surface area contributed by atoms with E-state index >= 15 is 0 Å². The zero-order chi connectivity index (χ0) is 14.9. The Kier molecular flexibility index (Phi) is 3.71. The highest BCUT2D eigenvalue weighted by Crippen LogP contribution is 2.30. The van der Waals surface area contributed by atoms with Gasteiger partial charge in [0, 0.05) is 5.39 Å². The molecule has 0 radical (unpaired) electrons. The molecule has 0 aliphatic carbocycles. The molecule has 0 amide bonds. The average molecular weight is 306 g/mol. The number of carboxylic acid groups (broad SMARTS) is 1. The predicted octanol–water partition coefficient (Wildman–Crippen LogP) is 3.53. The zero-order valence-corrected chi connectivity index (χ0v) is 10.5. The zero-order valence-electron chi connectivity index (χ0n) is 9.74. The fourth-order valence-corrected chi connectivity index (χ4v) is 1.82. The molecule has 0 unspecified atom stereocenters. The van der Waals surface area contributed by atoms with E-state index in [2.05, 4.69) is 9.72 Å². The molecular weight excluding hydrogens is 299 g/mol. The number of ether oxygens (including phenoxy) is 1. The summed E-state index contributed by atoms with van der Waals surface area (Å²) in [5, 5.41) is 9.27. The number of aromatic nitrogens is 1. The van der Waals surface area contributed by atoms with E-state index in [0.29, 0.717) is 5.39 Å². The first-order valence-electron chi connectivity index (χ1n) is 5.30. The standard InChI is InChI=1S/C12H7ClF3NO3/c13-7-4-8(11(18)19)17-10-6(7)2-1-3-9(10)20-5-12(14,15)16/h1-4H,5H2,(H,18,19). The Morgan fingerprint density at radius 2 is 2.10 bits per heavy atom. The van der Waals surface area contributed by atoms with Crippen molar-refractivity contribution in [1.82, 2.24) is 4.98 Å². The molecule has 8 heteroatoms. The number of fused-ring (bicyclic) bond motifs is 1. The van der Waals surface area contributed by atoms with Crippen LogP contribution < -0.4 is 4.74 Å². The van der Waals surface area contributed by atoms with Crippen LogP contribution in [-0.2, 0) is 0 Å². The lowest BCUT2D eigenvalue weighted by Gasteiger charge is -2.11. The molecule has 20 heavy (non-hydrogen) atoms. The third-order valence-electron chi connectivity index (χ3n) is 2.36. The first-order chi connectivity index (χ1) is 9.28. The molecule has 0 atom stereocenters. The number of carbonyl (C=O) groups is 1. The highest BCUT2D eigenvalue weighted by molar-refractivity contribution is 6.35. The van der Waals surface area contributed by atoms with E-state index in [0.717, 1.165) is 6.07 Å². The molecular formula is C12H7ClF3NO3. The summed E-state index contributed by atoms with van der Waals surface area (Å²) in [6.07, 6.45) is -4.50. The third-order valence-corrected chi connectivity index (χ3v) is 2.68. The van der Waals surface area contributed by atoms with Crippen molar-refractivity contribution in [1.29, 1.82) is 0 Å². The smallest absolute Gasteiger partial charge is 0.422 e. The molecule has 2 rings (SSSR count). The van der Waals surface area contributed by atoms with Crippen molar-refractivity contribution in [2.45, 2.75) is 6.18 Å². The minimum atomic E-state index is -4.50. The topological polar surface area (TPSA) is 59.4 Å². The molecule has 1 aromatic heterocycles. The molecule has 0 spiro atoms. The summed E-state index contributed by atoms with van der Waals surface area (Å²) < 4.78 is 41.1. The molecule has 0 fully saturated rings. The van der Waals surface area contributed by atoms with Crippen molar-refractivity contribution >= 4 is 28.5 Å². The molecule has 2 aromatic rings. The van der Waals surface area contributed by atoms with Gasteiger partial charge in [-0.1, -0.05) is 23.7 Å². The predicted molar refractivity (Wildman–Crippen MR) is 65.3 cm³/mol. The number of nitrogens with zero attached hydrogens (tertiary/aromatic N) is 1. The van der Waals surface area contributed by atoms with E-state index in [4.69, 9.17) is 16.7 Å². The largest absolute Gasteiger partial charge is 0.482 e. The van der Waals surface area contributed by atoms with Crippen LogP contribution in [0.25, 0.3) is 10.9 Å². The fraction of sp³-hybridized carbons (Fsp3) is 0.167. The van der Waals surface area contributed by atoms with Crippen LogP contribution >= 0.6 is 11.6 Å². The number of hydrogen-bond acceptors (Lipinski definition) is 3. The van der Waals surface area contributed by atoms with Gasteiger partial charge >= 0.3 is 12.1 Å². The molecule has 1 N–H and O–H groups in total. The summed E-state index contributed by atoms with van der Waals surface area (Å²) in [5.41, 5.74) is -0.396. The van der Waals surface area contributed by atoms with Crippen molar-refractivity contribution in [2.24, 2.45) is 0 Å². The Labute approximate surface area is 115 Å². The lowest BCUT2D eigenvalue weighted by molar-refractivity contribution is -0.153. The maximum absolute atomic E-state index is 12.2. The molecule has 0 aliphatic rings. The molecule has 1 aromatic carbocycles. The Bertz CT molecular complexity index is 673. The first-order valence-corrected chi connectivity index (χ1v) is 5.68. The highest BCUT2D eigenvalue weighted by Gasteiger charge is 2.29. The average Bonchev–Trinajstić information content (AvgIpc) is 2.35. The van der Waals surface area contributed by atoms with Crippen molar-refractivity contribution in [2.75, 3.05) is 6.61 Å². The third kappa shape index (κ3) is 3.11. The van der Waals surface area contributed by atoms with Gasteiger partial charge in [0.2, 0.25) is 0 Å². The normalized spacial score (nSPS) is 11.6. The van der Waals surface area contributed by atoms with Crippen LogP contribution in [-0.4, -0.2) is 28.8 Å². The van der Waals surface area contributed by atoms with E-state index in [-0.39, 0.29) is 22.0 Å². The maximum Gasteiger partial charge on any atom is 0.422 e. The number of para-hydroxylation sites is 1. The van der Waals surface area contributed by atoms with Crippen LogP contribution in [0, 0.1) is 0 Å². The van der Waals surface area contributed by atoms with Gasteiger partial charge in [-0.2, -0.15) is 13.2 Å². The van der Waals surface area contributed by atoms with Crippen LogP contribution in [0.2, 0.25) is 5.02 Å². The number of rotatable bonds is 3. The summed E-state index contributed by atoms with van der Waals surface area (Å²) in [4.78, 5) is 14.6. The molecule has 0 saturated heterocycles. The van der Waals surface area contributed by atoms with Crippen LogP contribution in [0.15, 0.2) is 24.3 Å². The summed E-state index contributed by atoms with van der Waals surface area (Å²) in [6, 6.07) is 5.35. The van der Waals surface area contributed by atoms with Crippen molar-refractivity contribution in [3.05, 3.63) is 35.0 Å². The van der Waals surface area contributed by atoms with Gasteiger partial charge in [-0.15, -0.1) is 0 Å². The van der Waals surface area contributed by atoms with Gasteiger partial charge in [-0.25, -0.2) is 9.78 Å². The van der Waals surface area contributed by atoms with Crippen LogP contribution in [0.3, 0.4) is 0 Å². The number of alkyl halides is 3. The van der Waals surface area contributed by atoms with Crippen LogP contribution in [0.1, 0.15) is 10.5 Å². The lowest BCUT2D eigenvalue weighted by Crippen LogP contribution is -2.19. The fourth-order valence-electron chi connectivity index (χ4n) is 1.57. The lowest BCUT2D eigenvalue weighted by atomic mass is 10.2. The second-order valence-corrected chi connectivity index (χ2v) is 4.26. The highest BCUT2D eigenvalue weighted by atomic mass is 35.5. The summed E-state index contributed by atoms with van der Waals surface area (Å²) in [6.45, 7) is -1.50. The van der Waals surface area contributed by atoms with E-state index in [1.54, 1.807) is 0 Å². The second kappa shape index (κ2) is 5.16. The SMILES string of the molecule is O=C(O)c1cc(Cl)c2cccc(OCC(F)(F)F)c2n1. The Morgan fingerprint density at radius 1 is 1.40 bits per heavy atom. The molecule has 1 heterocycles. The summed E-state index contributed by atoms with van der Waals surface area (Å²) in [5.74, 6) is -1.51. The van der Waals surface area contributed by atoms with E-state index in [1.807, 2.05) is 0 Å².